The monoisotopic (exact) mass is 382 g/mol. The van der Waals surface area contributed by atoms with Crippen molar-refractivity contribution in [2.75, 3.05) is 18.8 Å². The lowest BCUT2D eigenvalue weighted by molar-refractivity contribution is -0.129. The average Bonchev–Trinajstić information content (AvgIpc) is 3.03. The van der Waals surface area contributed by atoms with Gasteiger partial charge in [-0.1, -0.05) is 12.1 Å². The second-order valence-corrected chi connectivity index (χ2v) is 8.00. The van der Waals surface area contributed by atoms with Gasteiger partial charge in [-0.2, -0.15) is 0 Å². The number of thioether (sulfide) groups is 1. The maximum atomic E-state index is 12.4. The number of fused-ring (bicyclic) bond motifs is 1. The Hall–Kier alpha value is -1.24. The first-order valence-electron chi connectivity index (χ1n) is 8.64. The Bertz CT molecular complexity index is 664. The predicted molar refractivity (Wildman–Crippen MR) is 107 cm³/mol. The number of hydrogen-bond donors (Lipinski definition) is 2. The van der Waals surface area contributed by atoms with E-state index in [0.29, 0.717) is 11.7 Å². The molecule has 1 amide bonds. The normalized spacial score (nSPS) is 18.0. The molecule has 5 nitrogen and oxygen atoms in total. The van der Waals surface area contributed by atoms with Gasteiger partial charge in [0.2, 0.25) is 5.91 Å². The van der Waals surface area contributed by atoms with Gasteiger partial charge >= 0.3 is 0 Å². The fraction of sp³-hybridized carbons (Fsp3) is 0.556. The second kappa shape index (κ2) is 8.92. The van der Waals surface area contributed by atoms with Gasteiger partial charge in [0.05, 0.1) is 22.0 Å². The summed E-state index contributed by atoms with van der Waals surface area (Å²) in [6.45, 7) is 5.83. The molecule has 1 aromatic carbocycles. The minimum Gasteiger partial charge on any atom is -0.342 e. The summed E-state index contributed by atoms with van der Waals surface area (Å²) >= 11 is 1.64. The van der Waals surface area contributed by atoms with Crippen molar-refractivity contribution in [1.82, 2.24) is 14.9 Å². The van der Waals surface area contributed by atoms with Crippen LogP contribution in [0, 0.1) is 5.92 Å². The van der Waals surface area contributed by atoms with Gasteiger partial charge < -0.3 is 15.6 Å². The zero-order valence-corrected chi connectivity index (χ0v) is 16.4. The van der Waals surface area contributed by atoms with E-state index in [-0.39, 0.29) is 29.6 Å². The molecule has 2 atom stereocenters. The molecule has 1 saturated heterocycles. The highest BCUT2D eigenvalue weighted by molar-refractivity contribution is 8.00. The molecular formula is C18H27ClN4OS. The fourth-order valence-electron chi connectivity index (χ4n) is 3.21. The summed E-state index contributed by atoms with van der Waals surface area (Å²) in [4.78, 5) is 22.4. The van der Waals surface area contributed by atoms with E-state index in [1.807, 2.05) is 29.2 Å². The van der Waals surface area contributed by atoms with Crippen LogP contribution in [0.2, 0.25) is 0 Å². The van der Waals surface area contributed by atoms with Gasteiger partial charge in [-0.3, -0.25) is 4.79 Å². The Morgan fingerprint density at radius 2 is 2.04 bits per heavy atom. The van der Waals surface area contributed by atoms with Gasteiger partial charge in [0.25, 0.3) is 0 Å². The third-order valence-corrected chi connectivity index (χ3v) is 6.02. The van der Waals surface area contributed by atoms with Gasteiger partial charge in [0.15, 0.2) is 0 Å². The van der Waals surface area contributed by atoms with Crippen molar-refractivity contribution in [2.45, 2.75) is 38.0 Å². The number of aromatic nitrogens is 2. The van der Waals surface area contributed by atoms with Crippen molar-refractivity contribution in [3.8, 4) is 0 Å². The first-order valence-corrected chi connectivity index (χ1v) is 9.69. The molecule has 1 aliphatic rings. The number of piperidine rings is 1. The zero-order valence-electron chi connectivity index (χ0n) is 14.8. The number of likely N-dealkylation sites (tertiary alicyclic amines) is 1. The summed E-state index contributed by atoms with van der Waals surface area (Å²) < 4.78 is 0. The van der Waals surface area contributed by atoms with E-state index in [9.17, 15) is 4.79 Å². The predicted octanol–water partition coefficient (Wildman–Crippen LogP) is 3.36. The summed E-state index contributed by atoms with van der Waals surface area (Å²) in [5, 5.41) is 0.169. The lowest BCUT2D eigenvalue weighted by Gasteiger charge is -2.33. The Labute approximate surface area is 159 Å². The van der Waals surface area contributed by atoms with Crippen LogP contribution < -0.4 is 5.73 Å². The van der Waals surface area contributed by atoms with Crippen molar-refractivity contribution in [2.24, 2.45) is 11.7 Å². The number of carbonyl (C=O) groups excluding carboxylic acids is 1. The van der Waals surface area contributed by atoms with Gasteiger partial charge in [-0.25, -0.2) is 4.98 Å². The summed E-state index contributed by atoms with van der Waals surface area (Å²) in [7, 11) is 0. The molecule has 7 heteroatoms. The lowest BCUT2D eigenvalue weighted by Crippen LogP contribution is -2.43. The van der Waals surface area contributed by atoms with E-state index in [1.54, 1.807) is 11.8 Å². The number of nitrogens with two attached hydrogens (primary N) is 1. The zero-order chi connectivity index (χ0) is 17.1. The first-order chi connectivity index (χ1) is 11.5. The first kappa shape index (κ1) is 20.1. The molecule has 3 N–H and O–H groups in total. The summed E-state index contributed by atoms with van der Waals surface area (Å²) in [5.74, 6) is 2.22. The van der Waals surface area contributed by atoms with Gasteiger partial charge in [0, 0.05) is 19.1 Å². The number of carbonyl (C=O) groups is 1. The van der Waals surface area contributed by atoms with E-state index in [0.717, 1.165) is 42.8 Å². The number of para-hydroxylation sites is 2. The Kier molecular flexibility index (Phi) is 7.16. The van der Waals surface area contributed by atoms with Crippen LogP contribution in [0.25, 0.3) is 11.0 Å². The molecule has 0 saturated carbocycles. The van der Waals surface area contributed by atoms with Crippen LogP contribution in [-0.2, 0) is 4.79 Å². The van der Waals surface area contributed by atoms with Crippen molar-refractivity contribution in [3.63, 3.8) is 0 Å². The molecule has 3 rings (SSSR count). The second-order valence-electron chi connectivity index (χ2n) is 6.67. The molecule has 2 heterocycles. The molecule has 0 spiro atoms. The SMILES string of the molecule is CC(SCC(=O)N1CCC(C(C)N)CC1)c1nc2ccccc2[nH]1.Cl. The highest BCUT2D eigenvalue weighted by atomic mass is 35.5. The Morgan fingerprint density at radius 1 is 1.36 bits per heavy atom. The van der Waals surface area contributed by atoms with Gasteiger partial charge in [0.1, 0.15) is 5.82 Å². The van der Waals surface area contributed by atoms with Crippen LogP contribution in [-0.4, -0.2) is 45.7 Å². The quantitative estimate of drug-likeness (QED) is 0.831. The standard InChI is InChI=1S/C18H26N4OS.ClH/c1-12(19)14-7-9-22(10-8-14)17(23)11-24-13(2)18-20-15-5-3-4-6-16(15)21-18;/h3-6,12-14H,7-11,19H2,1-2H3,(H,20,21);1H. The van der Waals surface area contributed by atoms with Gasteiger partial charge in [-0.05, 0) is 44.7 Å². The third-order valence-electron chi connectivity index (χ3n) is 4.89. The molecule has 1 aromatic heterocycles. The van der Waals surface area contributed by atoms with Gasteiger partial charge in [-0.15, -0.1) is 24.2 Å². The lowest BCUT2D eigenvalue weighted by atomic mass is 9.91. The van der Waals surface area contributed by atoms with Crippen molar-refractivity contribution in [3.05, 3.63) is 30.1 Å². The summed E-state index contributed by atoms with van der Waals surface area (Å²) in [6.07, 6.45) is 2.04. The Balaban J connectivity index is 0.00000225. The molecule has 2 aromatic rings. The number of nitrogens with one attached hydrogen (secondary N) is 1. The number of rotatable bonds is 5. The van der Waals surface area contributed by atoms with Crippen LogP contribution in [0.3, 0.4) is 0 Å². The Morgan fingerprint density at radius 3 is 2.68 bits per heavy atom. The number of H-pyrrole nitrogens is 1. The molecule has 1 aliphatic heterocycles. The number of imidazole rings is 1. The van der Waals surface area contributed by atoms with E-state index in [4.69, 9.17) is 5.73 Å². The third kappa shape index (κ3) is 4.90. The molecule has 2 unspecified atom stereocenters. The number of aromatic amines is 1. The molecule has 0 aliphatic carbocycles. The van der Waals surface area contributed by atoms with Crippen molar-refractivity contribution < 1.29 is 4.79 Å². The minimum atomic E-state index is 0. The van der Waals surface area contributed by atoms with Crippen LogP contribution >= 0.6 is 24.2 Å². The van der Waals surface area contributed by atoms with Crippen molar-refractivity contribution >= 4 is 41.1 Å². The largest absolute Gasteiger partial charge is 0.342 e. The fourth-order valence-corrected chi connectivity index (χ4v) is 4.05. The average molecular weight is 383 g/mol. The van der Waals surface area contributed by atoms with Crippen LogP contribution in [0.5, 0.6) is 0 Å². The van der Waals surface area contributed by atoms with E-state index >= 15 is 0 Å². The minimum absolute atomic E-state index is 0. The van der Waals surface area contributed by atoms with Crippen LogP contribution in [0.1, 0.15) is 37.8 Å². The summed E-state index contributed by atoms with van der Waals surface area (Å²) in [5.41, 5.74) is 7.99. The van der Waals surface area contributed by atoms with Crippen LogP contribution in [0.15, 0.2) is 24.3 Å². The van der Waals surface area contributed by atoms with E-state index in [1.165, 1.54) is 0 Å². The smallest absolute Gasteiger partial charge is 0.232 e. The molecule has 0 bridgehead atoms. The maximum absolute atomic E-state index is 12.4. The number of benzene rings is 1. The summed E-state index contributed by atoms with van der Waals surface area (Å²) in [6, 6.07) is 8.24. The highest BCUT2D eigenvalue weighted by Crippen LogP contribution is 2.28. The topological polar surface area (TPSA) is 75.0 Å². The molecular weight excluding hydrogens is 356 g/mol. The molecule has 25 heavy (non-hydrogen) atoms. The number of amides is 1. The molecule has 1 fully saturated rings. The van der Waals surface area contributed by atoms with E-state index < -0.39 is 0 Å². The van der Waals surface area contributed by atoms with E-state index in [2.05, 4.69) is 23.8 Å². The number of nitrogens with zero attached hydrogens (tertiary/aromatic N) is 2. The molecule has 0 radical (unpaired) electrons. The highest BCUT2D eigenvalue weighted by Gasteiger charge is 2.25. The number of halogens is 1. The molecule has 138 valence electrons. The van der Waals surface area contributed by atoms with Crippen molar-refractivity contribution in [1.29, 1.82) is 0 Å². The number of hydrogen-bond acceptors (Lipinski definition) is 4. The maximum Gasteiger partial charge on any atom is 0.232 e. The van der Waals surface area contributed by atoms with Crippen LogP contribution in [0.4, 0.5) is 0 Å².